The van der Waals surface area contributed by atoms with Crippen molar-refractivity contribution in [2.24, 2.45) is 0 Å². The van der Waals surface area contributed by atoms with Gasteiger partial charge in [-0.15, -0.1) is 0 Å². The second-order valence-electron chi connectivity index (χ2n) is 5.47. The SMILES string of the molecule is CNC(C)c1cccc(-c2ccc3c(c2)CCC3)c1. The van der Waals surface area contributed by atoms with Crippen molar-refractivity contribution >= 4 is 0 Å². The van der Waals surface area contributed by atoms with Crippen molar-refractivity contribution in [3.05, 3.63) is 59.2 Å². The van der Waals surface area contributed by atoms with E-state index >= 15 is 0 Å². The van der Waals surface area contributed by atoms with Gasteiger partial charge >= 0.3 is 0 Å². The molecule has 3 rings (SSSR count). The summed E-state index contributed by atoms with van der Waals surface area (Å²) in [4.78, 5) is 0. The Morgan fingerprint density at radius 1 is 0.947 bits per heavy atom. The molecule has 1 aliphatic rings. The lowest BCUT2D eigenvalue weighted by molar-refractivity contribution is 0.652. The number of rotatable bonds is 3. The van der Waals surface area contributed by atoms with Gasteiger partial charge in [0.1, 0.15) is 0 Å². The minimum Gasteiger partial charge on any atom is -0.313 e. The number of fused-ring (bicyclic) bond motifs is 1. The van der Waals surface area contributed by atoms with Crippen molar-refractivity contribution in [1.82, 2.24) is 5.32 Å². The Morgan fingerprint density at radius 3 is 2.58 bits per heavy atom. The molecule has 2 aromatic rings. The minimum atomic E-state index is 0.398. The van der Waals surface area contributed by atoms with Gasteiger partial charge in [0.2, 0.25) is 0 Å². The van der Waals surface area contributed by atoms with Crippen LogP contribution in [0.3, 0.4) is 0 Å². The Kier molecular flexibility index (Phi) is 3.39. The number of benzene rings is 2. The van der Waals surface area contributed by atoms with Gasteiger partial charge in [-0.2, -0.15) is 0 Å². The van der Waals surface area contributed by atoms with Gasteiger partial charge in [-0.05, 0) is 67.1 Å². The molecular weight excluding hydrogens is 230 g/mol. The summed E-state index contributed by atoms with van der Waals surface area (Å²) in [6.45, 7) is 2.20. The third-order valence-corrected chi connectivity index (χ3v) is 4.25. The maximum Gasteiger partial charge on any atom is 0.0289 e. The van der Waals surface area contributed by atoms with E-state index in [9.17, 15) is 0 Å². The average molecular weight is 251 g/mol. The van der Waals surface area contributed by atoms with E-state index in [2.05, 4.69) is 54.7 Å². The van der Waals surface area contributed by atoms with Gasteiger partial charge in [0.25, 0.3) is 0 Å². The predicted octanol–water partition coefficient (Wildman–Crippen LogP) is 4.12. The van der Waals surface area contributed by atoms with Crippen LogP contribution in [-0.4, -0.2) is 7.05 Å². The van der Waals surface area contributed by atoms with Crippen LogP contribution in [0.2, 0.25) is 0 Å². The second kappa shape index (κ2) is 5.18. The van der Waals surface area contributed by atoms with Gasteiger partial charge in [0, 0.05) is 6.04 Å². The van der Waals surface area contributed by atoms with Crippen LogP contribution in [-0.2, 0) is 12.8 Å². The molecule has 0 radical (unpaired) electrons. The summed E-state index contributed by atoms with van der Waals surface area (Å²) in [6, 6.07) is 16.2. The summed E-state index contributed by atoms with van der Waals surface area (Å²) in [5.41, 5.74) is 7.12. The first kappa shape index (κ1) is 12.4. The number of nitrogens with one attached hydrogen (secondary N) is 1. The minimum absolute atomic E-state index is 0.398. The Bertz CT molecular complexity index is 586. The molecule has 0 saturated heterocycles. The molecule has 0 bridgehead atoms. The molecule has 0 fully saturated rings. The summed E-state index contributed by atoms with van der Waals surface area (Å²) in [5.74, 6) is 0. The third-order valence-electron chi connectivity index (χ3n) is 4.25. The largest absolute Gasteiger partial charge is 0.313 e. The van der Waals surface area contributed by atoms with E-state index in [1.165, 1.54) is 36.0 Å². The molecule has 2 aromatic carbocycles. The average Bonchev–Trinajstić information content (AvgIpc) is 2.94. The Labute approximate surface area is 115 Å². The molecule has 0 aromatic heterocycles. The molecule has 1 unspecified atom stereocenters. The molecule has 0 amide bonds. The van der Waals surface area contributed by atoms with Gasteiger partial charge in [-0.25, -0.2) is 0 Å². The monoisotopic (exact) mass is 251 g/mol. The molecule has 19 heavy (non-hydrogen) atoms. The molecule has 1 heteroatoms. The van der Waals surface area contributed by atoms with Crippen molar-refractivity contribution < 1.29 is 0 Å². The first-order valence-electron chi connectivity index (χ1n) is 7.17. The number of hydrogen-bond donors (Lipinski definition) is 1. The van der Waals surface area contributed by atoms with Crippen LogP contribution in [0, 0.1) is 0 Å². The summed E-state index contributed by atoms with van der Waals surface area (Å²) >= 11 is 0. The normalized spacial score (nSPS) is 15.3. The highest BCUT2D eigenvalue weighted by molar-refractivity contribution is 5.66. The molecule has 0 aliphatic heterocycles. The Hall–Kier alpha value is -1.60. The summed E-state index contributed by atoms with van der Waals surface area (Å²) in [6.07, 6.45) is 3.82. The van der Waals surface area contributed by atoms with Crippen molar-refractivity contribution in [2.45, 2.75) is 32.2 Å². The lowest BCUT2D eigenvalue weighted by Crippen LogP contribution is -2.12. The van der Waals surface area contributed by atoms with Crippen LogP contribution in [0.25, 0.3) is 11.1 Å². The zero-order chi connectivity index (χ0) is 13.2. The van der Waals surface area contributed by atoms with E-state index in [0.717, 1.165) is 0 Å². The summed E-state index contributed by atoms with van der Waals surface area (Å²) in [5, 5.41) is 3.30. The Balaban J connectivity index is 1.98. The van der Waals surface area contributed by atoms with Gasteiger partial charge in [0.15, 0.2) is 0 Å². The molecule has 0 spiro atoms. The zero-order valence-corrected chi connectivity index (χ0v) is 11.7. The van der Waals surface area contributed by atoms with Crippen molar-refractivity contribution in [1.29, 1.82) is 0 Å². The zero-order valence-electron chi connectivity index (χ0n) is 11.7. The van der Waals surface area contributed by atoms with Crippen LogP contribution in [0.1, 0.15) is 36.1 Å². The number of hydrogen-bond acceptors (Lipinski definition) is 1. The van der Waals surface area contributed by atoms with E-state index < -0.39 is 0 Å². The van der Waals surface area contributed by atoms with E-state index in [-0.39, 0.29) is 0 Å². The van der Waals surface area contributed by atoms with Crippen molar-refractivity contribution in [3.8, 4) is 11.1 Å². The fourth-order valence-electron chi connectivity index (χ4n) is 2.91. The maximum absolute atomic E-state index is 3.30. The van der Waals surface area contributed by atoms with Crippen molar-refractivity contribution in [3.63, 3.8) is 0 Å². The highest BCUT2D eigenvalue weighted by atomic mass is 14.8. The first-order chi connectivity index (χ1) is 9.28. The van der Waals surface area contributed by atoms with Gasteiger partial charge in [-0.1, -0.05) is 36.4 Å². The van der Waals surface area contributed by atoms with Gasteiger partial charge in [0.05, 0.1) is 0 Å². The molecule has 0 saturated carbocycles. The molecule has 1 nitrogen and oxygen atoms in total. The topological polar surface area (TPSA) is 12.0 Å². The van der Waals surface area contributed by atoms with Crippen LogP contribution >= 0.6 is 0 Å². The van der Waals surface area contributed by atoms with Crippen LogP contribution in [0.4, 0.5) is 0 Å². The van der Waals surface area contributed by atoms with E-state index in [1.54, 1.807) is 11.1 Å². The standard InChI is InChI=1S/C18H21N/c1-13(19-2)15-6-4-8-17(11-15)18-10-9-14-5-3-7-16(14)12-18/h4,6,8-13,19H,3,5,7H2,1-2H3. The lowest BCUT2D eigenvalue weighted by atomic mass is 9.97. The fourth-order valence-corrected chi connectivity index (χ4v) is 2.91. The first-order valence-corrected chi connectivity index (χ1v) is 7.17. The van der Waals surface area contributed by atoms with E-state index in [0.29, 0.717) is 6.04 Å². The van der Waals surface area contributed by atoms with Gasteiger partial charge in [-0.3, -0.25) is 0 Å². The molecule has 1 N–H and O–H groups in total. The quantitative estimate of drug-likeness (QED) is 0.865. The van der Waals surface area contributed by atoms with Crippen molar-refractivity contribution in [2.75, 3.05) is 7.05 Å². The molecule has 0 heterocycles. The predicted molar refractivity (Wildman–Crippen MR) is 81.4 cm³/mol. The van der Waals surface area contributed by atoms with E-state index in [4.69, 9.17) is 0 Å². The smallest absolute Gasteiger partial charge is 0.0289 e. The molecule has 1 atom stereocenters. The lowest BCUT2D eigenvalue weighted by Gasteiger charge is -2.12. The Morgan fingerprint density at radius 2 is 1.74 bits per heavy atom. The van der Waals surface area contributed by atoms with Crippen LogP contribution in [0.15, 0.2) is 42.5 Å². The number of aryl methyl sites for hydroxylation is 2. The highest BCUT2D eigenvalue weighted by Crippen LogP contribution is 2.29. The van der Waals surface area contributed by atoms with Crippen LogP contribution < -0.4 is 5.32 Å². The molecular formula is C18H21N. The highest BCUT2D eigenvalue weighted by Gasteiger charge is 2.12. The molecule has 1 aliphatic carbocycles. The maximum atomic E-state index is 3.30. The molecule has 98 valence electrons. The third kappa shape index (κ3) is 2.43. The summed E-state index contributed by atoms with van der Waals surface area (Å²) in [7, 11) is 2.01. The summed E-state index contributed by atoms with van der Waals surface area (Å²) < 4.78 is 0. The second-order valence-corrected chi connectivity index (χ2v) is 5.47. The van der Waals surface area contributed by atoms with E-state index in [1.807, 2.05) is 7.05 Å². The van der Waals surface area contributed by atoms with Crippen LogP contribution in [0.5, 0.6) is 0 Å². The fraction of sp³-hybridized carbons (Fsp3) is 0.333. The van der Waals surface area contributed by atoms with Gasteiger partial charge < -0.3 is 5.32 Å².